The second-order valence-electron chi connectivity index (χ2n) is 7.71. The van der Waals surface area contributed by atoms with Gasteiger partial charge in [-0.05, 0) is 69.5 Å². The molecule has 6 nitrogen and oxygen atoms in total. The summed E-state index contributed by atoms with van der Waals surface area (Å²) in [5.74, 6) is 0.564. The van der Waals surface area contributed by atoms with Crippen molar-refractivity contribution in [2.75, 3.05) is 0 Å². The van der Waals surface area contributed by atoms with E-state index in [4.69, 9.17) is 9.15 Å². The van der Waals surface area contributed by atoms with E-state index in [2.05, 4.69) is 10.6 Å². The summed E-state index contributed by atoms with van der Waals surface area (Å²) >= 11 is 0. The van der Waals surface area contributed by atoms with E-state index >= 15 is 0 Å². The van der Waals surface area contributed by atoms with Crippen molar-refractivity contribution in [3.05, 3.63) is 53.7 Å². The molecule has 2 N–H and O–H groups in total. The number of hydrogen-bond acceptors (Lipinski definition) is 4. The highest BCUT2D eigenvalue weighted by atomic mass is 19.1. The second kappa shape index (κ2) is 9.58. The number of furan rings is 1. The van der Waals surface area contributed by atoms with Crippen molar-refractivity contribution in [3.8, 4) is 5.75 Å². The SMILES string of the molecule is CC(C)NC(=O)C1CCCC(NC(=O)c2ccc(COc3ccc(F)cc3)o2)C1. The molecular formula is C22H27FN2O4. The summed E-state index contributed by atoms with van der Waals surface area (Å²) in [4.78, 5) is 24.7. The Morgan fingerprint density at radius 3 is 2.66 bits per heavy atom. The van der Waals surface area contributed by atoms with Crippen LogP contribution in [0.2, 0.25) is 0 Å². The Hall–Kier alpha value is -2.83. The van der Waals surface area contributed by atoms with E-state index in [0.717, 1.165) is 19.3 Å². The van der Waals surface area contributed by atoms with Gasteiger partial charge in [0.15, 0.2) is 5.76 Å². The molecule has 3 rings (SSSR count). The number of carbonyl (C=O) groups excluding carboxylic acids is 2. The van der Waals surface area contributed by atoms with Crippen molar-refractivity contribution < 1.29 is 23.1 Å². The Morgan fingerprint density at radius 2 is 1.93 bits per heavy atom. The van der Waals surface area contributed by atoms with E-state index in [1.165, 1.54) is 24.3 Å². The van der Waals surface area contributed by atoms with E-state index in [9.17, 15) is 14.0 Å². The third-order valence-corrected chi connectivity index (χ3v) is 4.89. The first-order chi connectivity index (χ1) is 13.9. The van der Waals surface area contributed by atoms with E-state index in [1.54, 1.807) is 12.1 Å². The maximum atomic E-state index is 12.9. The molecule has 1 fully saturated rings. The lowest BCUT2D eigenvalue weighted by Crippen LogP contribution is -2.43. The molecule has 1 aromatic carbocycles. The molecule has 2 aromatic rings. The van der Waals surface area contributed by atoms with Crippen molar-refractivity contribution in [1.82, 2.24) is 10.6 Å². The standard InChI is InChI=1S/C22H27FN2O4/c1-14(2)24-21(26)15-4-3-5-17(12-15)25-22(27)20-11-10-19(29-20)13-28-18-8-6-16(23)7-9-18/h6-11,14-15,17H,3-5,12-13H2,1-2H3,(H,24,26)(H,25,27). The van der Waals surface area contributed by atoms with Crippen LogP contribution < -0.4 is 15.4 Å². The summed E-state index contributed by atoms with van der Waals surface area (Å²) in [6, 6.07) is 9.02. The molecule has 1 aliphatic rings. The molecule has 7 heteroatoms. The Balaban J connectivity index is 1.50. The van der Waals surface area contributed by atoms with Gasteiger partial charge in [0, 0.05) is 18.0 Å². The molecule has 0 spiro atoms. The number of hydrogen-bond donors (Lipinski definition) is 2. The van der Waals surface area contributed by atoms with Crippen molar-refractivity contribution in [2.24, 2.45) is 5.92 Å². The van der Waals surface area contributed by atoms with E-state index in [0.29, 0.717) is 17.9 Å². The molecule has 2 unspecified atom stereocenters. The molecule has 1 aromatic heterocycles. The van der Waals surface area contributed by atoms with E-state index in [1.807, 2.05) is 13.8 Å². The van der Waals surface area contributed by atoms with E-state index < -0.39 is 0 Å². The molecule has 1 saturated carbocycles. The molecule has 156 valence electrons. The molecule has 0 bridgehead atoms. The van der Waals surface area contributed by atoms with Gasteiger partial charge in [-0.1, -0.05) is 6.42 Å². The van der Waals surface area contributed by atoms with Gasteiger partial charge in [-0.15, -0.1) is 0 Å². The van der Waals surface area contributed by atoms with Crippen LogP contribution in [-0.4, -0.2) is 23.9 Å². The van der Waals surface area contributed by atoms with Gasteiger partial charge in [-0.25, -0.2) is 4.39 Å². The molecule has 1 heterocycles. The fraction of sp³-hybridized carbons (Fsp3) is 0.455. The van der Waals surface area contributed by atoms with Crippen LogP contribution in [0.25, 0.3) is 0 Å². The van der Waals surface area contributed by atoms with Gasteiger partial charge in [0.05, 0.1) is 0 Å². The minimum absolute atomic E-state index is 0.0526. The summed E-state index contributed by atoms with van der Waals surface area (Å²) in [6.07, 6.45) is 3.22. The highest BCUT2D eigenvalue weighted by molar-refractivity contribution is 5.91. The summed E-state index contributed by atoms with van der Waals surface area (Å²) in [7, 11) is 0. The van der Waals surface area contributed by atoms with Gasteiger partial charge in [0.2, 0.25) is 5.91 Å². The van der Waals surface area contributed by atoms with Crippen LogP contribution >= 0.6 is 0 Å². The Labute approximate surface area is 169 Å². The predicted octanol–water partition coefficient (Wildman–Crippen LogP) is 3.81. The van der Waals surface area contributed by atoms with Crippen LogP contribution in [0.4, 0.5) is 4.39 Å². The lowest BCUT2D eigenvalue weighted by atomic mass is 9.85. The molecule has 0 saturated heterocycles. The maximum Gasteiger partial charge on any atom is 0.287 e. The number of nitrogens with one attached hydrogen (secondary N) is 2. The number of rotatable bonds is 7. The van der Waals surface area contributed by atoms with Crippen molar-refractivity contribution in [1.29, 1.82) is 0 Å². The highest BCUT2D eigenvalue weighted by Gasteiger charge is 2.29. The third kappa shape index (κ3) is 6.07. The average molecular weight is 402 g/mol. The summed E-state index contributed by atoms with van der Waals surface area (Å²) in [6.45, 7) is 4.02. The van der Waals surface area contributed by atoms with Crippen molar-refractivity contribution in [2.45, 2.75) is 58.2 Å². The molecule has 2 atom stereocenters. The summed E-state index contributed by atoms with van der Waals surface area (Å²) < 4.78 is 24.0. The third-order valence-electron chi connectivity index (χ3n) is 4.89. The first kappa shape index (κ1) is 20.9. The van der Waals surface area contributed by atoms with Gasteiger partial charge >= 0.3 is 0 Å². The number of benzene rings is 1. The Morgan fingerprint density at radius 1 is 1.17 bits per heavy atom. The fourth-order valence-corrected chi connectivity index (χ4v) is 3.48. The van der Waals surface area contributed by atoms with Crippen LogP contribution in [0, 0.1) is 11.7 Å². The van der Waals surface area contributed by atoms with Crippen molar-refractivity contribution >= 4 is 11.8 Å². The molecule has 29 heavy (non-hydrogen) atoms. The predicted molar refractivity (Wildman–Crippen MR) is 106 cm³/mol. The number of ether oxygens (including phenoxy) is 1. The number of carbonyl (C=O) groups is 2. The zero-order valence-electron chi connectivity index (χ0n) is 16.7. The smallest absolute Gasteiger partial charge is 0.287 e. The molecular weight excluding hydrogens is 375 g/mol. The normalized spacial score (nSPS) is 19.0. The van der Waals surface area contributed by atoms with Crippen LogP contribution in [0.5, 0.6) is 5.75 Å². The first-order valence-electron chi connectivity index (χ1n) is 9.99. The molecule has 0 radical (unpaired) electrons. The fourth-order valence-electron chi connectivity index (χ4n) is 3.48. The number of halogens is 1. The minimum atomic E-state index is -0.332. The number of amides is 2. The van der Waals surface area contributed by atoms with Crippen LogP contribution in [-0.2, 0) is 11.4 Å². The van der Waals surface area contributed by atoms with Gasteiger partial charge in [0.25, 0.3) is 5.91 Å². The zero-order valence-corrected chi connectivity index (χ0v) is 16.7. The Bertz CT molecular complexity index is 832. The summed E-state index contributed by atoms with van der Waals surface area (Å²) in [5.41, 5.74) is 0. The minimum Gasteiger partial charge on any atom is -0.486 e. The lowest BCUT2D eigenvalue weighted by molar-refractivity contribution is -0.126. The van der Waals surface area contributed by atoms with Crippen LogP contribution in [0.15, 0.2) is 40.8 Å². The molecule has 2 amide bonds. The largest absolute Gasteiger partial charge is 0.486 e. The van der Waals surface area contributed by atoms with Crippen LogP contribution in [0.3, 0.4) is 0 Å². The zero-order chi connectivity index (χ0) is 20.8. The second-order valence-corrected chi connectivity index (χ2v) is 7.71. The quantitative estimate of drug-likeness (QED) is 0.738. The molecule has 1 aliphatic carbocycles. The van der Waals surface area contributed by atoms with Crippen molar-refractivity contribution in [3.63, 3.8) is 0 Å². The van der Waals surface area contributed by atoms with Crippen LogP contribution in [0.1, 0.15) is 55.8 Å². The van der Waals surface area contributed by atoms with Gasteiger partial charge in [0.1, 0.15) is 23.9 Å². The first-order valence-corrected chi connectivity index (χ1v) is 9.99. The highest BCUT2D eigenvalue weighted by Crippen LogP contribution is 2.25. The Kier molecular flexibility index (Phi) is 6.90. The average Bonchev–Trinajstić information content (AvgIpc) is 3.16. The van der Waals surface area contributed by atoms with Gasteiger partial charge < -0.3 is 19.8 Å². The van der Waals surface area contributed by atoms with Gasteiger partial charge in [-0.3, -0.25) is 9.59 Å². The molecule has 0 aliphatic heterocycles. The van der Waals surface area contributed by atoms with Gasteiger partial charge in [-0.2, -0.15) is 0 Å². The maximum absolute atomic E-state index is 12.9. The topological polar surface area (TPSA) is 80.6 Å². The lowest BCUT2D eigenvalue weighted by Gasteiger charge is -2.29. The van der Waals surface area contributed by atoms with E-state index in [-0.39, 0.29) is 48.0 Å². The monoisotopic (exact) mass is 402 g/mol. The summed E-state index contributed by atoms with van der Waals surface area (Å²) in [5, 5.41) is 5.92.